The van der Waals surface area contributed by atoms with Gasteiger partial charge in [-0.05, 0) is 6.92 Å². The Morgan fingerprint density at radius 3 is 3.06 bits per heavy atom. The largest absolute Gasteiger partial charge is 0.461 e. The second-order valence-electron chi connectivity index (χ2n) is 2.66. The third-order valence-corrected chi connectivity index (χ3v) is 2.19. The minimum atomic E-state index is -0.671. The Labute approximate surface area is 101 Å². The molecule has 0 aromatic carbocycles. The van der Waals surface area contributed by atoms with E-state index in [1.54, 1.807) is 18.4 Å². The first kappa shape index (κ1) is 12.9. The number of hydrogen-bond acceptors (Lipinski definition) is 8. The van der Waals surface area contributed by atoms with Crippen LogP contribution < -0.4 is 5.73 Å². The van der Waals surface area contributed by atoms with Gasteiger partial charge in [0.15, 0.2) is 5.13 Å². The number of ether oxygens (including phenoxy) is 1. The van der Waals surface area contributed by atoms with E-state index in [1.807, 2.05) is 0 Å². The maximum Gasteiger partial charge on any atom is 0.362 e. The van der Waals surface area contributed by atoms with E-state index in [2.05, 4.69) is 15.0 Å². The van der Waals surface area contributed by atoms with E-state index in [0.717, 1.165) is 11.3 Å². The first-order valence-electron chi connectivity index (χ1n) is 4.64. The number of oxime groups is 1. The molecule has 0 aliphatic heterocycles. The maximum atomic E-state index is 11.6. The third-order valence-electron chi connectivity index (χ3n) is 1.52. The number of nitriles is 1. The summed E-state index contributed by atoms with van der Waals surface area (Å²) in [5.41, 5.74) is 5.62. The van der Waals surface area contributed by atoms with E-state index >= 15 is 0 Å². The molecule has 1 aromatic heterocycles. The first-order chi connectivity index (χ1) is 8.19. The molecule has 0 aliphatic rings. The van der Waals surface area contributed by atoms with E-state index < -0.39 is 5.97 Å². The van der Waals surface area contributed by atoms with Crippen LogP contribution in [0.1, 0.15) is 12.6 Å². The molecule has 0 amide bonds. The fourth-order valence-corrected chi connectivity index (χ4v) is 1.46. The molecule has 2 N–H and O–H groups in total. The van der Waals surface area contributed by atoms with Crippen molar-refractivity contribution in [2.75, 3.05) is 18.9 Å². The van der Waals surface area contributed by atoms with Crippen molar-refractivity contribution in [2.45, 2.75) is 6.92 Å². The molecule has 8 heteroatoms. The molecule has 0 saturated heterocycles. The number of hydrogen-bond donors (Lipinski definition) is 1. The van der Waals surface area contributed by atoms with Gasteiger partial charge in [0.25, 0.3) is 0 Å². The average Bonchev–Trinajstić information content (AvgIpc) is 2.71. The minimum absolute atomic E-state index is 0.102. The Balaban J connectivity index is 2.90. The second-order valence-corrected chi connectivity index (χ2v) is 3.55. The standard InChI is InChI=1S/C9H10N4O3S/c1-2-15-8(14)7(13-16-4-3-10)6-5-17-9(11)12-6/h5H,2,4H2,1H3,(H2,11,12)/b13-7-. The van der Waals surface area contributed by atoms with Crippen LogP contribution in [0.15, 0.2) is 10.5 Å². The monoisotopic (exact) mass is 254 g/mol. The van der Waals surface area contributed by atoms with Crippen LogP contribution in [0.2, 0.25) is 0 Å². The number of aromatic nitrogens is 1. The molecule has 0 unspecified atom stereocenters. The van der Waals surface area contributed by atoms with Crippen molar-refractivity contribution in [1.29, 1.82) is 5.26 Å². The number of nitrogen functional groups attached to an aromatic ring is 1. The van der Waals surface area contributed by atoms with Crippen LogP contribution in [0, 0.1) is 11.3 Å². The first-order valence-corrected chi connectivity index (χ1v) is 5.52. The van der Waals surface area contributed by atoms with E-state index in [4.69, 9.17) is 15.7 Å². The van der Waals surface area contributed by atoms with Gasteiger partial charge < -0.3 is 15.3 Å². The smallest absolute Gasteiger partial charge is 0.362 e. The topological polar surface area (TPSA) is 111 Å². The van der Waals surface area contributed by atoms with Gasteiger partial charge in [-0.3, -0.25) is 0 Å². The van der Waals surface area contributed by atoms with Gasteiger partial charge in [-0.1, -0.05) is 5.16 Å². The molecule has 17 heavy (non-hydrogen) atoms. The highest BCUT2D eigenvalue weighted by Gasteiger charge is 2.19. The zero-order valence-corrected chi connectivity index (χ0v) is 9.86. The van der Waals surface area contributed by atoms with Crippen molar-refractivity contribution in [3.8, 4) is 6.07 Å². The summed E-state index contributed by atoms with van der Waals surface area (Å²) in [7, 11) is 0. The van der Waals surface area contributed by atoms with Gasteiger partial charge in [0.1, 0.15) is 11.8 Å². The van der Waals surface area contributed by atoms with Crippen molar-refractivity contribution in [3.63, 3.8) is 0 Å². The van der Waals surface area contributed by atoms with E-state index in [-0.39, 0.29) is 24.6 Å². The van der Waals surface area contributed by atoms with Crippen molar-refractivity contribution < 1.29 is 14.4 Å². The van der Waals surface area contributed by atoms with Crippen molar-refractivity contribution >= 4 is 28.1 Å². The summed E-state index contributed by atoms with van der Waals surface area (Å²) in [6.07, 6.45) is 0. The van der Waals surface area contributed by atoms with Crippen LogP contribution in [-0.2, 0) is 14.4 Å². The van der Waals surface area contributed by atoms with Gasteiger partial charge >= 0.3 is 5.97 Å². The van der Waals surface area contributed by atoms with Crippen molar-refractivity contribution in [1.82, 2.24) is 4.98 Å². The Morgan fingerprint density at radius 2 is 2.53 bits per heavy atom. The minimum Gasteiger partial charge on any atom is -0.461 e. The van der Waals surface area contributed by atoms with Gasteiger partial charge in [0.2, 0.25) is 12.3 Å². The predicted molar refractivity (Wildman–Crippen MR) is 61.3 cm³/mol. The molecular formula is C9H10N4O3S. The highest BCUT2D eigenvalue weighted by Crippen LogP contribution is 2.12. The molecule has 0 aliphatic carbocycles. The quantitative estimate of drug-likeness (QED) is 0.355. The lowest BCUT2D eigenvalue weighted by Crippen LogP contribution is -2.19. The molecule has 0 saturated carbocycles. The van der Waals surface area contributed by atoms with Crippen LogP contribution in [0.25, 0.3) is 0 Å². The molecular weight excluding hydrogens is 244 g/mol. The summed E-state index contributed by atoms with van der Waals surface area (Å²) in [5, 5.41) is 13.7. The summed E-state index contributed by atoms with van der Waals surface area (Å²) in [5.74, 6) is -0.671. The van der Waals surface area contributed by atoms with Crippen LogP contribution in [0.3, 0.4) is 0 Å². The van der Waals surface area contributed by atoms with Crippen LogP contribution >= 0.6 is 11.3 Å². The number of rotatable bonds is 5. The van der Waals surface area contributed by atoms with E-state index in [9.17, 15) is 4.79 Å². The molecule has 7 nitrogen and oxygen atoms in total. The summed E-state index contributed by atoms with van der Waals surface area (Å²) in [4.78, 5) is 20.1. The van der Waals surface area contributed by atoms with Crippen molar-refractivity contribution in [2.24, 2.45) is 5.16 Å². The summed E-state index contributed by atoms with van der Waals surface area (Å²) in [6, 6.07) is 1.73. The fourth-order valence-electron chi connectivity index (χ4n) is 0.910. The lowest BCUT2D eigenvalue weighted by Gasteiger charge is -2.02. The number of thiazole rings is 1. The van der Waals surface area contributed by atoms with Crippen LogP contribution in [0.4, 0.5) is 5.13 Å². The Hall–Kier alpha value is -2.14. The molecule has 0 bridgehead atoms. The molecule has 0 spiro atoms. The molecule has 90 valence electrons. The molecule has 1 rings (SSSR count). The Bertz CT molecular complexity index is 463. The number of nitrogens with zero attached hydrogens (tertiary/aromatic N) is 3. The zero-order valence-electron chi connectivity index (χ0n) is 9.04. The summed E-state index contributed by atoms with van der Waals surface area (Å²) >= 11 is 1.16. The maximum absolute atomic E-state index is 11.6. The highest BCUT2D eigenvalue weighted by molar-refractivity contribution is 7.13. The zero-order chi connectivity index (χ0) is 12.7. The molecule has 0 fully saturated rings. The Morgan fingerprint density at radius 1 is 1.76 bits per heavy atom. The number of esters is 1. The lowest BCUT2D eigenvalue weighted by molar-refractivity contribution is -0.135. The molecule has 0 radical (unpaired) electrons. The molecule has 1 heterocycles. The predicted octanol–water partition coefficient (Wildman–Crippen LogP) is 0.533. The van der Waals surface area contributed by atoms with Crippen LogP contribution in [0.5, 0.6) is 0 Å². The summed E-state index contributed by atoms with van der Waals surface area (Å²) < 4.78 is 4.79. The van der Waals surface area contributed by atoms with E-state index in [1.165, 1.54) is 0 Å². The van der Waals surface area contributed by atoms with Gasteiger partial charge in [-0.15, -0.1) is 11.3 Å². The average molecular weight is 254 g/mol. The number of anilines is 1. The molecule has 1 aromatic rings. The summed E-state index contributed by atoms with van der Waals surface area (Å²) in [6.45, 7) is 1.61. The highest BCUT2D eigenvalue weighted by atomic mass is 32.1. The number of carbonyl (C=O) groups is 1. The van der Waals surface area contributed by atoms with Crippen molar-refractivity contribution in [3.05, 3.63) is 11.1 Å². The van der Waals surface area contributed by atoms with Gasteiger partial charge in [0, 0.05) is 5.38 Å². The Kier molecular flexibility index (Phi) is 4.90. The van der Waals surface area contributed by atoms with Gasteiger partial charge in [-0.25, -0.2) is 9.78 Å². The fraction of sp³-hybridized carbons (Fsp3) is 0.333. The number of nitrogens with two attached hydrogens (primary N) is 1. The van der Waals surface area contributed by atoms with Crippen LogP contribution in [-0.4, -0.2) is 29.9 Å². The van der Waals surface area contributed by atoms with E-state index in [0.29, 0.717) is 5.13 Å². The lowest BCUT2D eigenvalue weighted by atomic mass is 10.3. The van der Waals surface area contributed by atoms with Gasteiger partial charge in [-0.2, -0.15) is 5.26 Å². The SMILES string of the molecule is CCOC(=O)/C(=N\OCC#N)c1csc(N)n1. The normalized spacial score (nSPS) is 10.7. The van der Waals surface area contributed by atoms with Gasteiger partial charge in [0.05, 0.1) is 6.61 Å². The molecule has 0 atom stereocenters. The third kappa shape index (κ3) is 3.73. The number of carbonyl (C=O) groups excluding carboxylic acids is 1. The second kappa shape index (κ2) is 6.44.